The standard InChI is InChI=1S/C14H10Cl2FNO/c15-13-2-1-3-14(16)12(13)9-19-18-8-10-4-6-11(17)7-5-10/h1-8H,9H2/b18-8+. The van der Waals surface area contributed by atoms with Gasteiger partial charge in [-0.15, -0.1) is 0 Å². The van der Waals surface area contributed by atoms with E-state index in [2.05, 4.69) is 5.16 Å². The highest BCUT2D eigenvalue weighted by molar-refractivity contribution is 6.35. The van der Waals surface area contributed by atoms with Crippen LogP contribution in [-0.4, -0.2) is 6.21 Å². The minimum atomic E-state index is -0.291. The molecule has 0 heterocycles. The SMILES string of the molecule is Fc1ccc(/C=N/OCc2c(Cl)cccc2Cl)cc1. The summed E-state index contributed by atoms with van der Waals surface area (Å²) in [6.45, 7) is 0.177. The zero-order valence-corrected chi connectivity index (χ0v) is 11.3. The van der Waals surface area contributed by atoms with Crippen LogP contribution in [0.2, 0.25) is 10.0 Å². The molecule has 2 aromatic carbocycles. The van der Waals surface area contributed by atoms with Gasteiger partial charge in [-0.1, -0.05) is 46.6 Å². The molecule has 0 amide bonds. The summed E-state index contributed by atoms with van der Waals surface area (Å²) in [5.74, 6) is -0.291. The highest BCUT2D eigenvalue weighted by atomic mass is 35.5. The van der Waals surface area contributed by atoms with Gasteiger partial charge >= 0.3 is 0 Å². The topological polar surface area (TPSA) is 21.6 Å². The minimum absolute atomic E-state index is 0.177. The average molecular weight is 298 g/mol. The van der Waals surface area contributed by atoms with Gasteiger partial charge in [0.05, 0.1) is 6.21 Å². The molecule has 2 aromatic rings. The normalized spacial score (nSPS) is 10.9. The van der Waals surface area contributed by atoms with Gasteiger partial charge in [0, 0.05) is 15.6 Å². The quantitative estimate of drug-likeness (QED) is 0.593. The third-order valence-corrected chi connectivity index (χ3v) is 3.13. The fraction of sp³-hybridized carbons (Fsp3) is 0.0714. The Balaban J connectivity index is 1.95. The van der Waals surface area contributed by atoms with Gasteiger partial charge in [0.15, 0.2) is 0 Å². The van der Waals surface area contributed by atoms with Gasteiger partial charge in [-0.05, 0) is 29.8 Å². The summed E-state index contributed by atoms with van der Waals surface area (Å²) in [5.41, 5.74) is 1.42. The smallest absolute Gasteiger partial charge is 0.145 e. The van der Waals surface area contributed by atoms with E-state index in [0.717, 1.165) is 5.56 Å². The van der Waals surface area contributed by atoms with Crippen LogP contribution in [0.5, 0.6) is 0 Å². The van der Waals surface area contributed by atoms with E-state index < -0.39 is 0 Å². The number of hydrogen-bond donors (Lipinski definition) is 0. The molecule has 19 heavy (non-hydrogen) atoms. The highest BCUT2D eigenvalue weighted by Gasteiger charge is 2.04. The van der Waals surface area contributed by atoms with E-state index in [0.29, 0.717) is 15.6 Å². The van der Waals surface area contributed by atoms with Crippen LogP contribution in [0.15, 0.2) is 47.6 Å². The van der Waals surface area contributed by atoms with Gasteiger partial charge in [-0.2, -0.15) is 0 Å². The zero-order chi connectivity index (χ0) is 13.7. The molecule has 0 fully saturated rings. The minimum Gasteiger partial charge on any atom is -0.391 e. The number of halogens is 3. The predicted molar refractivity (Wildman–Crippen MR) is 75.2 cm³/mol. The first kappa shape index (κ1) is 13.8. The number of hydrogen-bond acceptors (Lipinski definition) is 2. The first-order valence-electron chi connectivity index (χ1n) is 5.50. The molecular weight excluding hydrogens is 288 g/mol. The summed E-state index contributed by atoms with van der Waals surface area (Å²) in [6.07, 6.45) is 1.49. The molecule has 0 spiro atoms. The molecule has 0 aliphatic carbocycles. The van der Waals surface area contributed by atoms with Crippen molar-refractivity contribution in [3.05, 3.63) is 69.5 Å². The summed E-state index contributed by atoms with van der Waals surface area (Å²) >= 11 is 12.0. The van der Waals surface area contributed by atoms with Crippen LogP contribution in [0.1, 0.15) is 11.1 Å². The van der Waals surface area contributed by atoms with E-state index in [-0.39, 0.29) is 12.4 Å². The number of benzene rings is 2. The van der Waals surface area contributed by atoms with Crippen LogP contribution >= 0.6 is 23.2 Å². The summed E-state index contributed by atoms with van der Waals surface area (Å²) < 4.78 is 12.7. The van der Waals surface area contributed by atoms with Crippen LogP contribution in [0.25, 0.3) is 0 Å². The van der Waals surface area contributed by atoms with E-state index in [4.69, 9.17) is 28.0 Å². The van der Waals surface area contributed by atoms with Gasteiger partial charge < -0.3 is 4.84 Å². The Bertz CT molecular complexity index is 564. The lowest BCUT2D eigenvalue weighted by Gasteiger charge is -2.04. The zero-order valence-electron chi connectivity index (χ0n) is 9.82. The van der Waals surface area contributed by atoms with Crippen LogP contribution in [0.4, 0.5) is 4.39 Å². The molecule has 0 bridgehead atoms. The van der Waals surface area contributed by atoms with Crippen LogP contribution in [0.3, 0.4) is 0 Å². The lowest BCUT2D eigenvalue weighted by molar-refractivity contribution is 0.132. The second kappa shape index (κ2) is 6.55. The van der Waals surface area contributed by atoms with E-state index in [1.165, 1.54) is 18.3 Å². The largest absolute Gasteiger partial charge is 0.391 e. The molecule has 0 saturated carbocycles. The molecule has 2 nitrogen and oxygen atoms in total. The van der Waals surface area contributed by atoms with E-state index in [9.17, 15) is 4.39 Å². The Morgan fingerprint density at radius 1 is 1.05 bits per heavy atom. The Morgan fingerprint density at radius 3 is 2.32 bits per heavy atom. The Hall–Kier alpha value is -1.58. The molecule has 0 N–H and O–H groups in total. The second-order valence-electron chi connectivity index (χ2n) is 3.76. The van der Waals surface area contributed by atoms with E-state index in [1.54, 1.807) is 30.3 Å². The Labute approximate surface area is 120 Å². The van der Waals surface area contributed by atoms with Crippen molar-refractivity contribution in [2.75, 3.05) is 0 Å². The Kier molecular flexibility index (Phi) is 4.77. The van der Waals surface area contributed by atoms with Gasteiger partial charge in [0.1, 0.15) is 12.4 Å². The van der Waals surface area contributed by atoms with E-state index in [1.807, 2.05) is 0 Å². The fourth-order valence-corrected chi connectivity index (χ4v) is 1.93. The molecule has 2 rings (SSSR count). The maximum Gasteiger partial charge on any atom is 0.145 e. The molecule has 0 aromatic heterocycles. The van der Waals surface area contributed by atoms with Gasteiger partial charge in [-0.25, -0.2) is 4.39 Å². The molecule has 98 valence electrons. The number of rotatable bonds is 4. The first-order chi connectivity index (χ1) is 9.16. The fourth-order valence-electron chi connectivity index (χ4n) is 1.42. The summed E-state index contributed by atoms with van der Waals surface area (Å²) in [4.78, 5) is 5.12. The maximum atomic E-state index is 12.7. The van der Waals surface area contributed by atoms with Crippen molar-refractivity contribution < 1.29 is 9.23 Å². The molecule has 0 aliphatic rings. The van der Waals surface area contributed by atoms with E-state index >= 15 is 0 Å². The van der Waals surface area contributed by atoms with Crippen molar-refractivity contribution in [1.82, 2.24) is 0 Å². The lowest BCUT2D eigenvalue weighted by atomic mass is 10.2. The Morgan fingerprint density at radius 2 is 1.68 bits per heavy atom. The summed E-state index contributed by atoms with van der Waals surface area (Å²) in [5, 5.41) is 4.85. The van der Waals surface area contributed by atoms with Crippen molar-refractivity contribution in [2.24, 2.45) is 5.16 Å². The summed E-state index contributed by atoms with van der Waals surface area (Å²) in [7, 11) is 0. The van der Waals surface area contributed by atoms with Crippen molar-refractivity contribution in [2.45, 2.75) is 6.61 Å². The van der Waals surface area contributed by atoms with Crippen molar-refractivity contribution in [1.29, 1.82) is 0 Å². The van der Waals surface area contributed by atoms with Gasteiger partial charge in [-0.3, -0.25) is 0 Å². The van der Waals surface area contributed by atoms with Crippen molar-refractivity contribution in [3.8, 4) is 0 Å². The lowest BCUT2D eigenvalue weighted by Crippen LogP contribution is -1.91. The van der Waals surface area contributed by atoms with Crippen LogP contribution in [0, 0.1) is 5.82 Å². The molecule has 0 atom stereocenters. The van der Waals surface area contributed by atoms with Crippen molar-refractivity contribution >= 4 is 29.4 Å². The molecular formula is C14H10Cl2FNO. The van der Waals surface area contributed by atoms with Crippen LogP contribution < -0.4 is 0 Å². The molecule has 0 unspecified atom stereocenters. The predicted octanol–water partition coefficient (Wildman–Crippen LogP) is 4.68. The molecule has 0 saturated heterocycles. The highest BCUT2D eigenvalue weighted by Crippen LogP contribution is 2.24. The third-order valence-electron chi connectivity index (χ3n) is 2.42. The monoisotopic (exact) mass is 297 g/mol. The third kappa shape index (κ3) is 3.94. The van der Waals surface area contributed by atoms with Gasteiger partial charge in [0.25, 0.3) is 0 Å². The first-order valence-corrected chi connectivity index (χ1v) is 6.26. The molecule has 0 radical (unpaired) electrons. The summed E-state index contributed by atoms with van der Waals surface area (Å²) in [6, 6.07) is 11.1. The second-order valence-corrected chi connectivity index (χ2v) is 4.57. The average Bonchev–Trinajstić information content (AvgIpc) is 2.39. The van der Waals surface area contributed by atoms with Crippen LogP contribution in [-0.2, 0) is 11.4 Å². The number of oxime groups is 1. The van der Waals surface area contributed by atoms with Crippen molar-refractivity contribution in [3.63, 3.8) is 0 Å². The maximum absolute atomic E-state index is 12.7. The molecule has 5 heteroatoms. The number of nitrogens with zero attached hydrogens (tertiary/aromatic N) is 1. The van der Waals surface area contributed by atoms with Gasteiger partial charge in [0.2, 0.25) is 0 Å². The molecule has 0 aliphatic heterocycles.